The molecule has 28 heavy (non-hydrogen) atoms. The van der Waals surface area contributed by atoms with Crippen molar-refractivity contribution in [2.45, 2.75) is 18.3 Å². The smallest absolute Gasteiger partial charge is 0.431 e. The van der Waals surface area contributed by atoms with Gasteiger partial charge >= 0.3 is 6.18 Å². The Morgan fingerprint density at radius 1 is 1.11 bits per heavy atom. The first-order chi connectivity index (χ1) is 13.2. The molecule has 1 heterocycles. The summed E-state index contributed by atoms with van der Waals surface area (Å²) in [5.41, 5.74) is -3.46. The lowest BCUT2D eigenvalue weighted by atomic mass is 9.96. The fraction of sp³-hybridized carbons (Fsp3) is 0.263. The summed E-state index contributed by atoms with van der Waals surface area (Å²) in [7, 11) is 2.83. The largest absolute Gasteiger partial charge is 0.497 e. The molecule has 0 spiro atoms. The molecule has 1 aliphatic rings. The summed E-state index contributed by atoms with van der Waals surface area (Å²) in [4.78, 5) is 12.9. The summed E-state index contributed by atoms with van der Waals surface area (Å²) in [5.74, 6) is -0.0871. The van der Waals surface area contributed by atoms with Gasteiger partial charge in [0, 0.05) is 11.1 Å². The molecule has 0 aromatic heterocycles. The second-order valence-electron chi connectivity index (χ2n) is 6.12. The number of benzene rings is 2. The van der Waals surface area contributed by atoms with Gasteiger partial charge in [0.1, 0.15) is 17.2 Å². The van der Waals surface area contributed by atoms with Gasteiger partial charge in [-0.3, -0.25) is 4.79 Å². The number of carbonyl (C=O) groups excluding carboxylic acids is 1. The summed E-state index contributed by atoms with van der Waals surface area (Å²) in [6.45, 7) is 0. The van der Waals surface area contributed by atoms with Gasteiger partial charge in [-0.2, -0.15) is 23.3 Å². The molecule has 0 saturated carbocycles. The third-order valence-electron chi connectivity index (χ3n) is 4.37. The predicted octanol–water partition coefficient (Wildman–Crippen LogP) is 3.31. The van der Waals surface area contributed by atoms with E-state index in [4.69, 9.17) is 9.47 Å². The molecule has 0 aliphatic carbocycles. The molecule has 1 N–H and O–H groups in total. The van der Waals surface area contributed by atoms with Crippen molar-refractivity contribution in [1.82, 2.24) is 5.01 Å². The molecule has 9 heteroatoms. The SMILES string of the molecule is COc1ccc(C(=O)N2N=C(C(F)(F)F)CC2(O)c2cccc(OC)c2)cc1. The van der Waals surface area contributed by atoms with E-state index in [9.17, 15) is 23.1 Å². The van der Waals surface area contributed by atoms with Gasteiger partial charge in [-0.1, -0.05) is 12.1 Å². The summed E-state index contributed by atoms with van der Waals surface area (Å²) in [6.07, 6.45) is -5.69. The molecule has 6 nitrogen and oxygen atoms in total. The highest BCUT2D eigenvalue weighted by molar-refractivity contribution is 6.00. The average molecular weight is 394 g/mol. The van der Waals surface area contributed by atoms with Gasteiger partial charge in [0.2, 0.25) is 0 Å². The van der Waals surface area contributed by atoms with Crippen LogP contribution in [0, 0.1) is 0 Å². The zero-order valence-electron chi connectivity index (χ0n) is 15.0. The van der Waals surface area contributed by atoms with Crippen LogP contribution in [-0.4, -0.2) is 42.1 Å². The number of amides is 1. The van der Waals surface area contributed by atoms with Crippen LogP contribution in [0.5, 0.6) is 11.5 Å². The maximum absolute atomic E-state index is 13.3. The van der Waals surface area contributed by atoms with Crippen LogP contribution in [0.15, 0.2) is 53.6 Å². The second kappa shape index (κ2) is 7.16. The van der Waals surface area contributed by atoms with E-state index >= 15 is 0 Å². The van der Waals surface area contributed by atoms with Crippen LogP contribution in [0.4, 0.5) is 13.2 Å². The first-order valence-corrected chi connectivity index (χ1v) is 8.19. The standard InChI is InChI=1S/C19H17F3N2O4/c1-27-14-8-6-12(7-9-14)17(25)24-18(26,11-16(23-24)19(20,21)22)13-4-3-5-15(10-13)28-2/h3-10,26H,11H2,1-2H3. The molecule has 0 saturated heterocycles. The third kappa shape index (κ3) is 3.53. The monoisotopic (exact) mass is 394 g/mol. The Morgan fingerprint density at radius 2 is 1.75 bits per heavy atom. The van der Waals surface area contributed by atoms with Crippen LogP contribution in [-0.2, 0) is 5.72 Å². The number of carbonyl (C=O) groups is 1. The minimum Gasteiger partial charge on any atom is -0.497 e. The van der Waals surface area contributed by atoms with Crippen molar-refractivity contribution < 1.29 is 32.5 Å². The Morgan fingerprint density at radius 3 is 2.32 bits per heavy atom. The molecule has 0 radical (unpaired) electrons. The van der Waals surface area contributed by atoms with E-state index in [1.807, 2.05) is 0 Å². The van der Waals surface area contributed by atoms with Crippen molar-refractivity contribution in [3.8, 4) is 11.5 Å². The number of hydrogen-bond acceptors (Lipinski definition) is 5. The molecule has 0 fully saturated rings. The fourth-order valence-corrected chi connectivity index (χ4v) is 2.87. The van der Waals surface area contributed by atoms with E-state index in [0.29, 0.717) is 16.5 Å². The van der Waals surface area contributed by atoms with Gasteiger partial charge < -0.3 is 14.6 Å². The number of nitrogens with zero attached hydrogens (tertiary/aromatic N) is 2. The van der Waals surface area contributed by atoms with Crippen LogP contribution < -0.4 is 9.47 Å². The summed E-state index contributed by atoms with van der Waals surface area (Å²) < 4.78 is 49.9. The van der Waals surface area contributed by atoms with E-state index < -0.39 is 29.9 Å². The lowest BCUT2D eigenvalue weighted by molar-refractivity contribution is -0.0816. The molecular weight excluding hydrogens is 377 g/mol. The molecule has 1 unspecified atom stereocenters. The van der Waals surface area contributed by atoms with Gasteiger partial charge in [0.05, 0.1) is 20.6 Å². The lowest BCUT2D eigenvalue weighted by Crippen LogP contribution is -2.43. The van der Waals surface area contributed by atoms with Crippen molar-refractivity contribution in [1.29, 1.82) is 0 Å². The van der Waals surface area contributed by atoms with Crippen molar-refractivity contribution in [2.75, 3.05) is 14.2 Å². The van der Waals surface area contributed by atoms with E-state index in [-0.39, 0.29) is 11.1 Å². The van der Waals surface area contributed by atoms with Crippen LogP contribution in [0.3, 0.4) is 0 Å². The quantitative estimate of drug-likeness (QED) is 0.864. The van der Waals surface area contributed by atoms with E-state index in [0.717, 1.165) is 0 Å². The zero-order valence-corrected chi connectivity index (χ0v) is 15.0. The molecule has 1 aliphatic heterocycles. The summed E-state index contributed by atoms with van der Waals surface area (Å²) in [6, 6.07) is 11.6. The number of aliphatic hydroxyl groups is 1. The number of ether oxygens (including phenoxy) is 2. The van der Waals surface area contributed by atoms with E-state index in [2.05, 4.69) is 5.10 Å². The average Bonchev–Trinajstić information content (AvgIpc) is 3.07. The maximum atomic E-state index is 13.3. The van der Waals surface area contributed by atoms with Crippen molar-refractivity contribution in [3.63, 3.8) is 0 Å². The number of rotatable bonds is 4. The molecule has 1 amide bonds. The summed E-state index contributed by atoms with van der Waals surface area (Å²) >= 11 is 0. The highest BCUT2D eigenvalue weighted by atomic mass is 19.4. The van der Waals surface area contributed by atoms with E-state index in [1.165, 1.54) is 56.7 Å². The number of halogens is 3. The molecule has 2 aromatic rings. The number of methoxy groups -OCH3 is 2. The number of alkyl halides is 3. The van der Waals surface area contributed by atoms with Crippen LogP contribution in [0.1, 0.15) is 22.3 Å². The van der Waals surface area contributed by atoms with Crippen LogP contribution in [0.2, 0.25) is 0 Å². The molecule has 2 aromatic carbocycles. The first kappa shape index (κ1) is 19.7. The molecular formula is C19H17F3N2O4. The topological polar surface area (TPSA) is 71.4 Å². The highest BCUT2D eigenvalue weighted by Crippen LogP contribution is 2.41. The van der Waals surface area contributed by atoms with E-state index in [1.54, 1.807) is 6.07 Å². The lowest BCUT2D eigenvalue weighted by Gasteiger charge is -2.31. The Hall–Kier alpha value is -3.07. The second-order valence-corrected chi connectivity index (χ2v) is 6.12. The van der Waals surface area contributed by atoms with Gasteiger partial charge in [-0.05, 0) is 36.4 Å². The predicted molar refractivity (Wildman–Crippen MR) is 94.2 cm³/mol. The van der Waals surface area contributed by atoms with Crippen molar-refractivity contribution in [3.05, 3.63) is 59.7 Å². The van der Waals surface area contributed by atoms with Crippen molar-refractivity contribution >= 4 is 11.6 Å². The van der Waals surface area contributed by atoms with Gasteiger partial charge in [0.25, 0.3) is 5.91 Å². The number of hydrazone groups is 1. The Labute approximate surface area is 158 Å². The van der Waals surface area contributed by atoms with Gasteiger partial charge in [-0.15, -0.1) is 0 Å². The number of hydrogen-bond donors (Lipinski definition) is 1. The Kier molecular flexibility index (Phi) is 5.03. The first-order valence-electron chi connectivity index (χ1n) is 8.19. The molecule has 0 bridgehead atoms. The molecule has 1 atom stereocenters. The minimum atomic E-state index is -4.79. The highest BCUT2D eigenvalue weighted by Gasteiger charge is 2.53. The minimum absolute atomic E-state index is 0.0503. The van der Waals surface area contributed by atoms with Crippen LogP contribution >= 0.6 is 0 Å². The Bertz CT molecular complexity index is 912. The Balaban J connectivity index is 2.06. The van der Waals surface area contributed by atoms with Crippen molar-refractivity contribution in [2.24, 2.45) is 5.10 Å². The summed E-state index contributed by atoms with van der Waals surface area (Å²) in [5, 5.41) is 15.0. The normalized spacial score (nSPS) is 19.4. The zero-order chi connectivity index (χ0) is 20.5. The molecule has 3 rings (SSSR count). The van der Waals surface area contributed by atoms with Crippen LogP contribution in [0.25, 0.3) is 0 Å². The third-order valence-corrected chi connectivity index (χ3v) is 4.37. The maximum Gasteiger partial charge on any atom is 0.431 e. The molecule has 148 valence electrons. The van der Waals surface area contributed by atoms with Gasteiger partial charge in [-0.25, -0.2) is 0 Å². The van der Waals surface area contributed by atoms with Gasteiger partial charge in [0.15, 0.2) is 5.72 Å². The fourth-order valence-electron chi connectivity index (χ4n) is 2.87.